The number of aliphatic hydroxyl groups is 1. The minimum absolute atomic E-state index is 0.0518. The molecule has 3 N–H and O–H groups in total. The van der Waals surface area contributed by atoms with Gasteiger partial charge in [0, 0.05) is 12.6 Å². The van der Waals surface area contributed by atoms with Gasteiger partial charge in [-0.05, 0) is 56.2 Å². The lowest BCUT2D eigenvalue weighted by atomic mass is 10.0. The molecular weight excluding hydrogens is 280 g/mol. The van der Waals surface area contributed by atoms with Gasteiger partial charge in [0.2, 0.25) is 0 Å². The van der Waals surface area contributed by atoms with E-state index in [-0.39, 0.29) is 24.7 Å². The molecule has 0 bridgehead atoms. The molecule has 0 saturated heterocycles. The number of ether oxygens (including phenoxy) is 1. The lowest BCUT2D eigenvalue weighted by Crippen LogP contribution is -2.43. The highest BCUT2D eigenvalue weighted by molar-refractivity contribution is 5.74. The van der Waals surface area contributed by atoms with Crippen LogP contribution in [-0.4, -0.2) is 30.9 Å². The quantitative estimate of drug-likeness (QED) is 0.691. The predicted octanol–water partition coefficient (Wildman–Crippen LogP) is 2.61. The summed E-state index contributed by atoms with van der Waals surface area (Å²) < 4.78 is 5.18. The van der Waals surface area contributed by atoms with Gasteiger partial charge in [-0.1, -0.05) is 12.1 Å². The van der Waals surface area contributed by atoms with E-state index in [2.05, 4.69) is 10.6 Å². The molecule has 1 saturated carbocycles. The van der Waals surface area contributed by atoms with Gasteiger partial charge < -0.3 is 20.5 Å². The lowest BCUT2D eigenvalue weighted by molar-refractivity contribution is 0.229. The lowest BCUT2D eigenvalue weighted by Gasteiger charge is -2.21. The third-order valence-electron chi connectivity index (χ3n) is 4.03. The molecule has 2 unspecified atom stereocenters. The van der Waals surface area contributed by atoms with Crippen molar-refractivity contribution >= 4 is 6.03 Å². The normalized spacial score (nSPS) is 16.7. The van der Waals surface area contributed by atoms with Gasteiger partial charge in [0.05, 0.1) is 13.2 Å². The summed E-state index contributed by atoms with van der Waals surface area (Å²) in [6.07, 6.45) is 3.78. The van der Waals surface area contributed by atoms with Crippen LogP contribution in [0.5, 0.6) is 5.75 Å². The molecule has 122 valence electrons. The number of amides is 2. The Hall–Kier alpha value is -1.75. The van der Waals surface area contributed by atoms with E-state index in [1.54, 1.807) is 7.11 Å². The van der Waals surface area contributed by atoms with Crippen molar-refractivity contribution in [3.05, 3.63) is 29.8 Å². The van der Waals surface area contributed by atoms with Crippen LogP contribution in [-0.2, 0) is 0 Å². The fourth-order valence-electron chi connectivity index (χ4n) is 2.59. The molecule has 0 radical (unpaired) electrons. The van der Waals surface area contributed by atoms with Crippen LogP contribution >= 0.6 is 0 Å². The van der Waals surface area contributed by atoms with Crippen molar-refractivity contribution in [3.8, 4) is 5.75 Å². The summed E-state index contributed by atoms with van der Waals surface area (Å²) in [5.41, 5.74) is 1.11. The van der Waals surface area contributed by atoms with Crippen LogP contribution in [0, 0.1) is 5.92 Å². The van der Waals surface area contributed by atoms with Crippen LogP contribution in [0.25, 0.3) is 0 Å². The first-order valence-electron chi connectivity index (χ1n) is 7.96. The Labute approximate surface area is 132 Å². The Morgan fingerprint density at radius 1 is 1.32 bits per heavy atom. The molecule has 1 aliphatic rings. The number of urea groups is 1. The van der Waals surface area contributed by atoms with Crippen LogP contribution in [0.2, 0.25) is 0 Å². The highest BCUT2D eigenvalue weighted by Gasteiger charge is 2.33. The third kappa shape index (κ3) is 4.91. The summed E-state index contributed by atoms with van der Waals surface area (Å²) in [5, 5.41) is 14.8. The summed E-state index contributed by atoms with van der Waals surface area (Å²) in [6.45, 7) is 2.11. The van der Waals surface area contributed by atoms with Crippen molar-refractivity contribution in [3.63, 3.8) is 0 Å². The molecule has 0 aromatic heterocycles. The maximum atomic E-state index is 12.1. The zero-order chi connectivity index (χ0) is 15.9. The Morgan fingerprint density at radius 2 is 2.00 bits per heavy atom. The van der Waals surface area contributed by atoms with E-state index in [0.29, 0.717) is 12.3 Å². The zero-order valence-corrected chi connectivity index (χ0v) is 13.3. The van der Waals surface area contributed by atoms with Crippen LogP contribution in [0.4, 0.5) is 4.79 Å². The van der Waals surface area contributed by atoms with Gasteiger partial charge in [-0.25, -0.2) is 4.79 Å². The van der Waals surface area contributed by atoms with Crippen molar-refractivity contribution < 1.29 is 14.6 Å². The minimum atomic E-state index is -0.141. The topological polar surface area (TPSA) is 70.6 Å². The molecule has 0 heterocycles. The fraction of sp³-hybridized carbons (Fsp3) is 0.588. The van der Waals surface area contributed by atoms with Gasteiger partial charge in [-0.2, -0.15) is 0 Å². The van der Waals surface area contributed by atoms with Gasteiger partial charge in [-0.3, -0.25) is 0 Å². The first kappa shape index (κ1) is 16.6. The molecular formula is C17H26N2O3. The van der Waals surface area contributed by atoms with Crippen molar-refractivity contribution in [2.75, 3.05) is 13.7 Å². The molecule has 1 aromatic rings. The summed E-state index contributed by atoms with van der Waals surface area (Å²) in [5.74, 6) is 1.34. The van der Waals surface area contributed by atoms with E-state index >= 15 is 0 Å². The summed E-state index contributed by atoms with van der Waals surface area (Å²) in [7, 11) is 1.65. The number of nitrogens with one attached hydrogen (secondary N) is 2. The second kappa shape index (κ2) is 8.03. The molecule has 1 aromatic carbocycles. The fourth-order valence-corrected chi connectivity index (χ4v) is 2.59. The Balaban J connectivity index is 1.92. The maximum absolute atomic E-state index is 12.1. The average molecular weight is 306 g/mol. The minimum Gasteiger partial charge on any atom is -0.497 e. The number of hydrogen-bond acceptors (Lipinski definition) is 3. The largest absolute Gasteiger partial charge is 0.497 e. The van der Waals surface area contributed by atoms with E-state index in [1.165, 1.54) is 0 Å². The van der Waals surface area contributed by atoms with Crippen molar-refractivity contribution in [2.24, 2.45) is 5.92 Å². The second-order valence-electron chi connectivity index (χ2n) is 5.97. The number of aliphatic hydroxyl groups excluding tert-OH is 1. The summed E-state index contributed by atoms with van der Waals surface area (Å²) >= 11 is 0. The predicted molar refractivity (Wildman–Crippen MR) is 85.9 cm³/mol. The van der Waals surface area contributed by atoms with E-state index < -0.39 is 0 Å². The highest BCUT2D eigenvalue weighted by Crippen LogP contribution is 2.41. The number of methoxy groups -OCH3 is 1. The van der Waals surface area contributed by atoms with E-state index in [9.17, 15) is 4.79 Å². The first-order valence-corrected chi connectivity index (χ1v) is 7.96. The number of rotatable bonds is 8. The van der Waals surface area contributed by atoms with Gasteiger partial charge in [-0.15, -0.1) is 0 Å². The molecule has 2 atom stereocenters. The molecule has 1 aliphatic carbocycles. The highest BCUT2D eigenvalue weighted by atomic mass is 16.5. The van der Waals surface area contributed by atoms with Crippen LogP contribution in [0.3, 0.4) is 0 Å². The molecule has 5 nitrogen and oxygen atoms in total. The van der Waals surface area contributed by atoms with E-state index in [1.807, 2.05) is 31.2 Å². The maximum Gasteiger partial charge on any atom is 0.315 e. The molecule has 2 amide bonds. The molecule has 1 fully saturated rings. The number of benzene rings is 1. The molecule has 22 heavy (non-hydrogen) atoms. The zero-order valence-electron chi connectivity index (χ0n) is 13.3. The Morgan fingerprint density at radius 3 is 2.55 bits per heavy atom. The van der Waals surface area contributed by atoms with Gasteiger partial charge in [0.25, 0.3) is 0 Å². The molecule has 0 spiro atoms. The third-order valence-corrected chi connectivity index (χ3v) is 4.03. The van der Waals surface area contributed by atoms with Crippen molar-refractivity contribution in [1.29, 1.82) is 0 Å². The SMILES string of the molecule is COc1ccc(C(NC(=O)NC(C)CCCO)C2CC2)cc1. The summed E-state index contributed by atoms with van der Waals surface area (Å²) in [4.78, 5) is 12.1. The summed E-state index contributed by atoms with van der Waals surface area (Å²) in [6, 6.07) is 7.84. The van der Waals surface area contributed by atoms with Crippen LogP contribution < -0.4 is 15.4 Å². The molecule has 0 aliphatic heterocycles. The monoisotopic (exact) mass is 306 g/mol. The number of hydrogen-bond donors (Lipinski definition) is 3. The van der Waals surface area contributed by atoms with Gasteiger partial charge in [0.15, 0.2) is 0 Å². The molecule has 5 heteroatoms. The average Bonchev–Trinajstić information content (AvgIpc) is 3.35. The van der Waals surface area contributed by atoms with Crippen molar-refractivity contribution in [2.45, 2.75) is 44.7 Å². The van der Waals surface area contributed by atoms with Crippen LogP contribution in [0.1, 0.15) is 44.2 Å². The molecule has 2 rings (SSSR count). The smallest absolute Gasteiger partial charge is 0.315 e. The second-order valence-corrected chi connectivity index (χ2v) is 5.97. The first-order chi connectivity index (χ1) is 10.6. The van der Waals surface area contributed by atoms with E-state index in [0.717, 1.165) is 30.6 Å². The standard InChI is InChI=1S/C17H26N2O3/c1-12(4-3-11-20)18-17(21)19-16(13-5-6-13)14-7-9-15(22-2)10-8-14/h7-10,12-13,16,20H,3-6,11H2,1-2H3,(H2,18,19,21). The van der Waals surface area contributed by atoms with Crippen molar-refractivity contribution in [1.82, 2.24) is 10.6 Å². The van der Waals surface area contributed by atoms with Gasteiger partial charge in [0.1, 0.15) is 5.75 Å². The Bertz CT molecular complexity index is 471. The van der Waals surface area contributed by atoms with Crippen LogP contribution in [0.15, 0.2) is 24.3 Å². The number of carbonyl (C=O) groups excluding carboxylic acids is 1. The van der Waals surface area contributed by atoms with E-state index in [4.69, 9.17) is 9.84 Å². The number of carbonyl (C=O) groups is 1. The Kier molecular flexibility index (Phi) is 6.07. The van der Waals surface area contributed by atoms with Gasteiger partial charge >= 0.3 is 6.03 Å².